The lowest BCUT2D eigenvalue weighted by atomic mass is 10.0. The van der Waals surface area contributed by atoms with Gasteiger partial charge in [-0.25, -0.2) is 0 Å². The lowest BCUT2D eigenvalue weighted by Crippen LogP contribution is -2.34. The highest BCUT2D eigenvalue weighted by Gasteiger charge is 2.25. The summed E-state index contributed by atoms with van der Waals surface area (Å²) in [6, 6.07) is 6.72. The van der Waals surface area contributed by atoms with Gasteiger partial charge < -0.3 is 14.4 Å². The molecule has 0 saturated heterocycles. The molecule has 0 unspecified atom stereocenters. The van der Waals surface area contributed by atoms with Crippen LogP contribution in [0, 0.1) is 27.7 Å². The lowest BCUT2D eigenvalue weighted by Gasteiger charge is -2.29. The monoisotopic (exact) mass is 295 g/mol. The Bertz CT molecular complexity index is 716. The second kappa shape index (κ2) is 5.24. The molecule has 2 heterocycles. The number of anilines is 1. The molecule has 116 valence electrons. The van der Waals surface area contributed by atoms with Crippen molar-refractivity contribution in [1.82, 2.24) is 9.47 Å². The first-order valence-corrected chi connectivity index (χ1v) is 7.85. The van der Waals surface area contributed by atoms with Crippen LogP contribution in [0.4, 0.5) is 5.82 Å². The third-order valence-electron chi connectivity index (χ3n) is 4.63. The zero-order chi connectivity index (χ0) is 16.0. The molecule has 1 aliphatic heterocycles. The molecule has 0 fully saturated rings. The summed E-state index contributed by atoms with van der Waals surface area (Å²) in [4.78, 5) is 4.57. The molecule has 0 spiro atoms. The molecule has 1 aliphatic rings. The van der Waals surface area contributed by atoms with E-state index in [2.05, 4.69) is 92.8 Å². The van der Waals surface area contributed by atoms with Crippen molar-refractivity contribution in [3.05, 3.63) is 59.0 Å². The quantitative estimate of drug-likeness (QED) is 0.819. The van der Waals surface area contributed by atoms with E-state index in [9.17, 15) is 0 Å². The summed E-state index contributed by atoms with van der Waals surface area (Å²) in [5, 5.41) is 0. The minimum atomic E-state index is 0.332. The van der Waals surface area contributed by atoms with Gasteiger partial charge in [0.1, 0.15) is 12.0 Å². The SMILES string of the molecule is Cc1cc(C)c(-n2ccc(C)c2N2C=CN(C)[C@@H]2C)c(C)c1. The molecule has 3 rings (SSSR count). The van der Waals surface area contributed by atoms with Crippen molar-refractivity contribution in [3.8, 4) is 5.69 Å². The smallest absolute Gasteiger partial charge is 0.121 e. The number of nitrogens with zero attached hydrogens (tertiary/aromatic N) is 3. The van der Waals surface area contributed by atoms with Crippen LogP contribution in [0.1, 0.15) is 29.2 Å². The second-order valence-electron chi connectivity index (χ2n) is 6.44. The van der Waals surface area contributed by atoms with Crippen molar-refractivity contribution < 1.29 is 0 Å². The standard InChI is InChI=1S/C19H25N3/c1-13-11-15(3)18(16(4)12-13)22-8-7-14(2)19(22)21-10-9-20(6)17(21)5/h7-12,17H,1-6H3/t17-/m0/s1. The van der Waals surface area contributed by atoms with Gasteiger partial charge in [-0.2, -0.15) is 0 Å². The van der Waals surface area contributed by atoms with E-state index in [-0.39, 0.29) is 0 Å². The predicted octanol–water partition coefficient (Wildman–Crippen LogP) is 4.28. The van der Waals surface area contributed by atoms with Crippen LogP contribution in [0.15, 0.2) is 36.8 Å². The Labute approximate surface area is 133 Å². The first-order valence-electron chi connectivity index (χ1n) is 7.85. The van der Waals surface area contributed by atoms with E-state index in [0.717, 1.165) is 0 Å². The normalized spacial score (nSPS) is 17.6. The van der Waals surface area contributed by atoms with E-state index < -0.39 is 0 Å². The van der Waals surface area contributed by atoms with Crippen LogP contribution in [-0.4, -0.2) is 22.7 Å². The molecule has 1 atom stereocenters. The Morgan fingerprint density at radius 1 is 0.909 bits per heavy atom. The fraction of sp³-hybridized carbons (Fsp3) is 0.368. The number of rotatable bonds is 2. The van der Waals surface area contributed by atoms with Crippen LogP contribution in [0.25, 0.3) is 5.69 Å². The van der Waals surface area contributed by atoms with Crippen molar-refractivity contribution >= 4 is 5.82 Å². The van der Waals surface area contributed by atoms with Gasteiger partial charge >= 0.3 is 0 Å². The number of aromatic nitrogens is 1. The topological polar surface area (TPSA) is 11.4 Å². The van der Waals surface area contributed by atoms with Crippen LogP contribution in [0.3, 0.4) is 0 Å². The van der Waals surface area contributed by atoms with Crippen molar-refractivity contribution in [1.29, 1.82) is 0 Å². The third-order valence-corrected chi connectivity index (χ3v) is 4.63. The van der Waals surface area contributed by atoms with Crippen molar-refractivity contribution in [2.24, 2.45) is 0 Å². The van der Waals surface area contributed by atoms with Crippen LogP contribution >= 0.6 is 0 Å². The molecular formula is C19H25N3. The Morgan fingerprint density at radius 2 is 1.55 bits per heavy atom. The van der Waals surface area contributed by atoms with Gasteiger partial charge in [-0.05, 0) is 57.4 Å². The van der Waals surface area contributed by atoms with Crippen molar-refractivity contribution in [2.75, 3.05) is 11.9 Å². The highest BCUT2D eigenvalue weighted by Crippen LogP contribution is 2.33. The molecule has 3 heteroatoms. The summed E-state index contributed by atoms with van der Waals surface area (Å²) in [5.74, 6) is 1.25. The average molecular weight is 295 g/mol. The van der Waals surface area contributed by atoms with E-state index in [1.807, 2.05) is 0 Å². The van der Waals surface area contributed by atoms with E-state index in [1.165, 1.54) is 33.8 Å². The average Bonchev–Trinajstić information content (AvgIpc) is 2.94. The third kappa shape index (κ3) is 2.21. The molecule has 22 heavy (non-hydrogen) atoms. The first kappa shape index (κ1) is 14.8. The molecule has 0 N–H and O–H groups in total. The minimum Gasteiger partial charge on any atom is -0.359 e. The van der Waals surface area contributed by atoms with Crippen LogP contribution in [0.5, 0.6) is 0 Å². The van der Waals surface area contributed by atoms with Gasteiger partial charge in [0.05, 0.1) is 5.69 Å². The van der Waals surface area contributed by atoms with Crippen LogP contribution < -0.4 is 4.90 Å². The maximum Gasteiger partial charge on any atom is 0.121 e. The lowest BCUT2D eigenvalue weighted by molar-refractivity contribution is 0.381. The van der Waals surface area contributed by atoms with Gasteiger partial charge in [-0.3, -0.25) is 0 Å². The molecule has 2 aromatic rings. The Hall–Kier alpha value is -2.16. The number of benzene rings is 1. The Morgan fingerprint density at radius 3 is 2.09 bits per heavy atom. The Balaban J connectivity index is 2.17. The van der Waals surface area contributed by atoms with Crippen molar-refractivity contribution in [2.45, 2.75) is 40.8 Å². The van der Waals surface area contributed by atoms with Gasteiger partial charge in [-0.1, -0.05) is 17.7 Å². The van der Waals surface area contributed by atoms with E-state index in [1.54, 1.807) is 0 Å². The predicted molar refractivity (Wildman–Crippen MR) is 93.6 cm³/mol. The van der Waals surface area contributed by atoms with Gasteiger partial charge in [0.2, 0.25) is 0 Å². The number of hydrogen-bond acceptors (Lipinski definition) is 2. The summed E-state index contributed by atoms with van der Waals surface area (Å²) in [5.41, 5.74) is 6.55. The van der Waals surface area contributed by atoms with Gasteiger partial charge in [0.25, 0.3) is 0 Å². The molecule has 3 nitrogen and oxygen atoms in total. The summed E-state index contributed by atoms with van der Waals surface area (Å²) in [6.07, 6.45) is 6.82. The maximum absolute atomic E-state index is 2.34. The van der Waals surface area contributed by atoms with Crippen LogP contribution in [0.2, 0.25) is 0 Å². The van der Waals surface area contributed by atoms with Gasteiger partial charge in [0.15, 0.2) is 0 Å². The first-order chi connectivity index (χ1) is 10.4. The van der Waals surface area contributed by atoms with E-state index in [4.69, 9.17) is 0 Å². The fourth-order valence-electron chi connectivity index (χ4n) is 3.45. The molecule has 0 saturated carbocycles. The summed E-state index contributed by atoms with van der Waals surface area (Å²) in [6.45, 7) is 11.0. The van der Waals surface area contributed by atoms with E-state index in [0.29, 0.717) is 6.17 Å². The number of hydrogen-bond donors (Lipinski definition) is 0. The van der Waals surface area contributed by atoms with Gasteiger partial charge in [-0.15, -0.1) is 0 Å². The fourth-order valence-corrected chi connectivity index (χ4v) is 3.45. The van der Waals surface area contributed by atoms with E-state index >= 15 is 0 Å². The second-order valence-corrected chi connectivity index (χ2v) is 6.44. The largest absolute Gasteiger partial charge is 0.359 e. The molecule has 0 aliphatic carbocycles. The molecule has 0 radical (unpaired) electrons. The summed E-state index contributed by atoms with van der Waals surface area (Å²) >= 11 is 0. The molecule has 0 amide bonds. The zero-order valence-electron chi connectivity index (χ0n) is 14.4. The molecule has 0 bridgehead atoms. The van der Waals surface area contributed by atoms with Crippen molar-refractivity contribution in [3.63, 3.8) is 0 Å². The molecule has 1 aromatic heterocycles. The summed E-state index contributed by atoms with van der Waals surface area (Å²) < 4.78 is 2.33. The highest BCUT2D eigenvalue weighted by atomic mass is 15.4. The van der Waals surface area contributed by atoms with Gasteiger partial charge in [0, 0.05) is 25.6 Å². The molecule has 1 aromatic carbocycles. The molecular weight excluding hydrogens is 270 g/mol. The maximum atomic E-state index is 2.34. The highest BCUT2D eigenvalue weighted by molar-refractivity contribution is 5.61. The van der Waals surface area contributed by atoms with Crippen LogP contribution in [-0.2, 0) is 0 Å². The zero-order valence-corrected chi connectivity index (χ0v) is 14.4. The summed E-state index contributed by atoms with van der Waals surface area (Å²) in [7, 11) is 2.12. The Kier molecular flexibility index (Phi) is 3.51. The minimum absolute atomic E-state index is 0.332. The number of aryl methyl sites for hydroxylation is 4.